The lowest BCUT2D eigenvalue weighted by atomic mass is 10.2. The molecular formula is C18H17Cl2NO5. The summed E-state index contributed by atoms with van der Waals surface area (Å²) in [6.45, 7) is 1.44. The summed E-state index contributed by atoms with van der Waals surface area (Å²) in [5, 5.41) is 2.92. The van der Waals surface area contributed by atoms with Crippen LogP contribution in [0, 0.1) is 0 Å². The molecule has 0 aromatic heterocycles. The topological polar surface area (TPSA) is 73.9 Å². The molecule has 6 nitrogen and oxygen atoms in total. The second-order valence-electron chi connectivity index (χ2n) is 5.20. The maximum Gasteiger partial charge on any atom is 0.341 e. The summed E-state index contributed by atoms with van der Waals surface area (Å²) in [6, 6.07) is 9.56. The van der Waals surface area contributed by atoms with Crippen molar-refractivity contribution in [2.75, 3.05) is 19.5 Å². The Labute approximate surface area is 160 Å². The van der Waals surface area contributed by atoms with E-state index in [-0.39, 0.29) is 15.6 Å². The summed E-state index contributed by atoms with van der Waals surface area (Å²) < 4.78 is 15.5. The molecule has 2 rings (SSSR count). The van der Waals surface area contributed by atoms with E-state index in [1.54, 1.807) is 24.3 Å². The first-order valence-electron chi connectivity index (χ1n) is 7.55. The molecule has 1 N–H and O–H groups in total. The highest BCUT2D eigenvalue weighted by Gasteiger charge is 2.23. The predicted molar refractivity (Wildman–Crippen MR) is 99.5 cm³/mol. The molecule has 0 saturated carbocycles. The van der Waals surface area contributed by atoms with Gasteiger partial charge in [0.25, 0.3) is 5.91 Å². The second-order valence-corrected chi connectivity index (χ2v) is 6.01. The molecule has 0 aliphatic rings. The van der Waals surface area contributed by atoms with Crippen molar-refractivity contribution in [3.8, 4) is 11.5 Å². The number of hydrogen-bond acceptors (Lipinski definition) is 5. The summed E-state index contributed by atoms with van der Waals surface area (Å²) >= 11 is 11.9. The summed E-state index contributed by atoms with van der Waals surface area (Å²) in [6.07, 6.45) is -1.09. The van der Waals surface area contributed by atoms with Crippen LogP contribution in [0.3, 0.4) is 0 Å². The number of carbonyl (C=O) groups excluding carboxylic acids is 2. The van der Waals surface area contributed by atoms with Crippen molar-refractivity contribution in [2.45, 2.75) is 13.0 Å². The van der Waals surface area contributed by atoms with Crippen molar-refractivity contribution in [3.05, 3.63) is 52.0 Å². The molecule has 1 unspecified atom stereocenters. The van der Waals surface area contributed by atoms with Gasteiger partial charge in [-0.15, -0.1) is 0 Å². The zero-order chi connectivity index (χ0) is 19.3. The zero-order valence-electron chi connectivity index (χ0n) is 14.3. The number of benzene rings is 2. The number of amides is 1. The molecule has 0 spiro atoms. The highest BCUT2D eigenvalue weighted by Crippen LogP contribution is 2.29. The van der Waals surface area contributed by atoms with Crippen molar-refractivity contribution < 1.29 is 23.8 Å². The van der Waals surface area contributed by atoms with Crippen molar-refractivity contribution >= 4 is 40.8 Å². The van der Waals surface area contributed by atoms with Crippen LogP contribution in [0.2, 0.25) is 10.0 Å². The minimum absolute atomic E-state index is 0.00874. The van der Waals surface area contributed by atoms with E-state index in [1.165, 1.54) is 33.3 Å². The van der Waals surface area contributed by atoms with Crippen LogP contribution in [0.1, 0.15) is 17.3 Å². The molecule has 0 radical (unpaired) electrons. The first-order valence-corrected chi connectivity index (χ1v) is 8.30. The third kappa shape index (κ3) is 4.59. The van der Waals surface area contributed by atoms with E-state index in [1.807, 2.05) is 0 Å². The molecule has 138 valence electrons. The Hall–Kier alpha value is -2.44. The Morgan fingerprint density at radius 1 is 1.04 bits per heavy atom. The molecule has 2 aromatic carbocycles. The molecule has 0 aliphatic heterocycles. The van der Waals surface area contributed by atoms with Crippen molar-refractivity contribution in [3.63, 3.8) is 0 Å². The van der Waals surface area contributed by atoms with Crippen LogP contribution in [-0.2, 0) is 9.53 Å². The van der Waals surface area contributed by atoms with Crippen LogP contribution in [0.15, 0.2) is 36.4 Å². The van der Waals surface area contributed by atoms with Crippen molar-refractivity contribution in [1.29, 1.82) is 0 Å². The first kappa shape index (κ1) is 19.9. The summed E-state index contributed by atoms with van der Waals surface area (Å²) in [7, 11) is 2.98. The number of hydrogen-bond donors (Lipinski definition) is 1. The molecule has 0 heterocycles. The maximum absolute atomic E-state index is 12.4. The average molecular weight is 398 g/mol. The maximum atomic E-state index is 12.4. The molecule has 26 heavy (non-hydrogen) atoms. The number of halogens is 2. The minimum Gasteiger partial charge on any atom is -0.497 e. The normalized spacial score (nSPS) is 11.4. The molecule has 0 bridgehead atoms. The van der Waals surface area contributed by atoms with Gasteiger partial charge >= 0.3 is 5.97 Å². The summed E-state index contributed by atoms with van der Waals surface area (Å²) in [5.41, 5.74) is 0.393. The van der Waals surface area contributed by atoms with E-state index < -0.39 is 18.0 Å². The van der Waals surface area contributed by atoms with Crippen LogP contribution in [0.5, 0.6) is 11.5 Å². The van der Waals surface area contributed by atoms with Gasteiger partial charge in [-0.25, -0.2) is 4.79 Å². The van der Waals surface area contributed by atoms with Gasteiger partial charge in [0.05, 0.1) is 35.5 Å². The lowest BCUT2D eigenvalue weighted by Crippen LogP contribution is -2.30. The van der Waals surface area contributed by atoms with Gasteiger partial charge < -0.3 is 19.5 Å². The third-order valence-corrected chi connectivity index (χ3v) is 4.11. The molecule has 0 aliphatic carbocycles. The number of anilines is 1. The smallest absolute Gasteiger partial charge is 0.341 e. The molecule has 1 atom stereocenters. The fourth-order valence-electron chi connectivity index (χ4n) is 2.11. The second kappa shape index (κ2) is 8.78. The molecule has 0 fully saturated rings. The standard InChI is InChI=1S/C18H17Cl2NO5/c1-10(26-18(23)16-12(19)5-4-6-13(16)20)17(22)21-14-9-11(24-2)7-8-15(14)25-3/h4-10H,1-3H3,(H,21,22). The SMILES string of the molecule is COc1ccc(OC)c(NC(=O)C(C)OC(=O)c2c(Cl)cccc2Cl)c1. The van der Waals surface area contributed by atoms with Gasteiger partial charge in [0, 0.05) is 6.07 Å². The summed E-state index contributed by atoms with van der Waals surface area (Å²) in [5.74, 6) is -0.366. The monoisotopic (exact) mass is 397 g/mol. The number of rotatable bonds is 6. The molecular weight excluding hydrogens is 381 g/mol. The van der Waals surface area contributed by atoms with Gasteiger partial charge in [0.2, 0.25) is 0 Å². The van der Waals surface area contributed by atoms with E-state index in [0.29, 0.717) is 17.2 Å². The Balaban J connectivity index is 2.12. The van der Waals surface area contributed by atoms with Gasteiger partial charge in [-0.05, 0) is 31.2 Å². The quantitative estimate of drug-likeness (QED) is 0.739. The number of nitrogens with one attached hydrogen (secondary N) is 1. The first-order chi connectivity index (χ1) is 12.4. The van der Waals surface area contributed by atoms with E-state index >= 15 is 0 Å². The van der Waals surface area contributed by atoms with E-state index in [4.69, 9.17) is 37.4 Å². The summed E-state index contributed by atoms with van der Waals surface area (Å²) in [4.78, 5) is 24.6. The highest BCUT2D eigenvalue weighted by molar-refractivity contribution is 6.39. The van der Waals surface area contributed by atoms with Gasteiger partial charge in [-0.2, -0.15) is 0 Å². The van der Waals surface area contributed by atoms with Crippen molar-refractivity contribution in [2.24, 2.45) is 0 Å². The fraction of sp³-hybridized carbons (Fsp3) is 0.222. The predicted octanol–water partition coefficient (Wildman–Crippen LogP) is 4.19. The number of esters is 1. The minimum atomic E-state index is -1.09. The van der Waals surface area contributed by atoms with Gasteiger partial charge in [0.1, 0.15) is 11.5 Å². The third-order valence-electron chi connectivity index (χ3n) is 3.48. The van der Waals surface area contributed by atoms with E-state index in [2.05, 4.69) is 5.32 Å². The Bertz CT molecular complexity index is 805. The largest absolute Gasteiger partial charge is 0.497 e. The lowest BCUT2D eigenvalue weighted by Gasteiger charge is -2.16. The molecule has 8 heteroatoms. The Morgan fingerprint density at radius 2 is 1.69 bits per heavy atom. The highest BCUT2D eigenvalue weighted by atomic mass is 35.5. The van der Waals surface area contributed by atoms with Gasteiger partial charge in [0.15, 0.2) is 6.10 Å². The van der Waals surface area contributed by atoms with Gasteiger partial charge in [-0.3, -0.25) is 4.79 Å². The average Bonchev–Trinajstić information content (AvgIpc) is 2.61. The van der Waals surface area contributed by atoms with E-state index in [9.17, 15) is 9.59 Å². The van der Waals surface area contributed by atoms with E-state index in [0.717, 1.165) is 0 Å². The Kier molecular flexibility index (Phi) is 6.71. The van der Waals surface area contributed by atoms with Crippen LogP contribution >= 0.6 is 23.2 Å². The van der Waals surface area contributed by atoms with Crippen LogP contribution in [0.4, 0.5) is 5.69 Å². The molecule has 0 saturated heterocycles. The molecule has 1 amide bonds. The number of methoxy groups -OCH3 is 2. The number of carbonyl (C=O) groups is 2. The zero-order valence-corrected chi connectivity index (χ0v) is 15.9. The lowest BCUT2D eigenvalue weighted by molar-refractivity contribution is -0.123. The fourth-order valence-corrected chi connectivity index (χ4v) is 2.66. The van der Waals surface area contributed by atoms with Crippen molar-refractivity contribution in [1.82, 2.24) is 0 Å². The number of ether oxygens (including phenoxy) is 3. The van der Waals surface area contributed by atoms with Crippen LogP contribution in [0.25, 0.3) is 0 Å². The Morgan fingerprint density at radius 3 is 2.27 bits per heavy atom. The van der Waals surface area contributed by atoms with Crippen LogP contribution in [-0.4, -0.2) is 32.2 Å². The van der Waals surface area contributed by atoms with Gasteiger partial charge in [-0.1, -0.05) is 29.3 Å². The molecule has 2 aromatic rings. The van der Waals surface area contributed by atoms with Crippen LogP contribution < -0.4 is 14.8 Å².